The van der Waals surface area contributed by atoms with Crippen LogP contribution in [0.5, 0.6) is 5.75 Å². The maximum atomic E-state index is 13.3. The second kappa shape index (κ2) is 8.66. The van der Waals surface area contributed by atoms with Crippen molar-refractivity contribution in [2.24, 2.45) is 5.92 Å². The van der Waals surface area contributed by atoms with Crippen LogP contribution in [0.1, 0.15) is 18.4 Å². The molecule has 0 spiro atoms. The Bertz CT molecular complexity index is 817. The van der Waals surface area contributed by atoms with E-state index < -0.39 is 0 Å². The predicted molar refractivity (Wildman–Crippen MR) is 101 cm³/mol. The first-order chi connectivity index (χ1) is 13.1. The number of benzene rings is 2. The minimum Gasteiger partial charge on any atom is -0.495 e. The van der Waals surface area contributed by atoms with Crippen LogP contribution < -0.4 is 10.1 Å². The topological polar surface area (TPSA) is 58.6 Å². The average molecular weight is 370 g/mol. The maximum Gasteiger partial charge on any atom is 0.227 e. The summed E-state index contributed by atoms with van der Waals surface area (Å²) in [6.07, 6.45) is 1.39. The van der Waals surface area contributed by atoms with Crippen LogP contribution in [0.4, 0.5) is 10.1 Å². The van der Waals surface area contributed by atoms with Gasteiger partial charge < -0.3 is 15.0 Å². The smallest absolute Gasteiger partial charge is 0.227 e. The lowest BCUT2D eigenvalue weighted by Crippen LogP contribution is -2.42. The van der Waals surface area contributed by atoms with Crippen molar-refractivity contribution >= 4 is 17.5 Å². The van der Waals surface area contributed by atoms with E-state index in [0.29, 0.717) is 42.9 Å². The summed E-state index contributed by atoms with van der Waals surface area (Å²) in [7, 11) is 1.56. The van der Waals surface area contributed by atoms with E-state index in [-0.39, 0.29) is 30.0 Å². The summed E-state index contributed by atoms with van der Waals surface area (Å²) in [6.45, 7) is 1.05. The van der Waals surface area contributed by atoms with Crippen molar-refractivity contribution in [3.8, 4) is 5.75 Å². The molecule has 0 radical (unpaired) electrons. The Morgan fingerprint density at radius 3 is 2.59 bits per heavy atom. The largest absolute Gasteiger partial charge is 0.495 e. The number of carbonyl (C=O) groups is 2. The van der Waals surface area contributed by atoms with Gasteiger partial charge in [-0.1, -0.05) is 24.3 Å². The van der Waals surface area contributed by atoms with E-state index in [4.69, 9.17) is 4.74 Å². The van der Waals surface area contributed by atoms with Crippen LogP contribution in [0.15, 0.2) is 48.5 Å². The number of methoxy groups -OCH3 is 1. The van der Waals surface area contributed by atoms with E-state index in [0.717, 1.165) is 0 Å². The average Bonchev–Trinajstić information content (AvgIpc) is 2.68. The number of likely N-dealkylation sites (tertiary alicyclic amines) is 1. The molecule has 1 N–H and O–H groups in total. The van der Waals surface area contributed by atoms with Gasteiger partial charge in [0.1, 0.15) is 11.6 Å². The lowest BCUT2D eigenvalue weighted by molar-refractivity contribution is -0.133. The first-order valence-corrected chi connectivity index (χ1v) is 9.03. The summed E-state index contributed by atoms with van der Waals surface area (Å²) in [5.41, 5.74) is 1.31. The Hall–Kier alpha value is -2.89. The Morgan fingerprint density at radius 2 is 1.89 bits per heavy atom. The molecule has 1 fully saturated rings. The summed E-state index contributed by atoms with van der Waals surface area (Å²) >= 11 is 0. The van der Waals surface area contributed by atoms with Crippen LogP contribution >= 0.6 is 0 Å². The van der Waals surface area contributed by atoms with Gasteiger partial charge in [-0.2, -0.15) is 0 Å². The highest BCUT2D eigenvalue weighted by molar-refractivity contribution is 5.94. The Labute approximate surface area is 158 Å². The Kier molecular flexibility index (Phi) is 6.06. The van der Waals surface area contributed by atoms with Crippen LogP contribution in [0.3, 0.4) is 0 Å². The SMILES string of the molecule is COc1ccccc1NC(=O)C1CCN(C(=O)Cc2cccc(F)c2)CC1. The molecule has 1 saturated heterocycles. The number of anilines is 1. The monoisotopic (exact) mass is 370 g/mol. The Balaban J connectivity index is 1.52. The fourth-order valence-electron chi connectivity index (χ4n) is 3.31. The summed E-state index contributed by atoms with van der Waals surface area (Å²) in [5, 5.41) is 2.91. The van der Waals surface area contributed by atoms with Crippen LogP contribution in [0, 0.1) is 11.7 Å². The molecule has 6 heteroatoms. The standard InChI is InChI=1S/C21H23FN2O3/c1-27-19-8-3-2-7-18(19)23-21(26)16-9-11-24(12-10-16)20(25)14-15-5-4-6-17(22)13-15/h2-8,13,16H,9-12,14H2,1H3,(H,23,26). The van der Waals surface area contributed by atoms with Gasteiger partial charge >= 0.3 is 0 Å². The summed E-state index contributed by atoms with van der Waals surface area (Å²) in [5.74, 6) is 0.0367. The number of hydrogen-bond acceptors (Lipinski definition) is 3. The van der Waals surface area contributed by atoms with Gasteiger partial charge in [-0.3, -0.25) is 9.59 Å². The third-order valence-corrected chi connectivity index (χ3v) is 4.83. The molecule has 2 amide bonds. The molecule has 0 bridgehead atoms. The fraction of sp³-hybridized carbons (Fsp3) is 0.333. The first-order valence-electron chi connectivity index (χ1n) is 9.03. The van der Waals surface area contributed by atoms with Crippen LogP contribution in [-0.2, 0) is 16.0 Å². The zero-order chi connectivity index (χ0) is 19.2. The van der Waals surface area contributed by atoms with Gasteiger partial charge in [0.15, 0.2) is 0 Å². The molecule has 27 heavy (non-hydrogen) atoms. The molecule has 0 saturated carbocycles. The lowest BCUT2D eigenvalue weighted by Gasteiger charge is -2.31. The highest BCUT2D eigenvalue weighted by Gasteiger charge is 2.27. The highest BCUT2D eigenvalue weighted by atomic mass is 19.1. The molecular formula is C21H23FN2O3. The number of nitrogens with one attached hydrogen (secondary N) is 1. The van der Waals surface area contributed by atoms with E-state index in [1.165, 1.54) is 12.1 Å². The molecule has 2 aromatic rings. The second-order valence-electron chi connectivity index (χ2n) is 6.65. The van der Waals surface area contributed by atoms with Gasteiger partial charge in [-0.05, 0) is 42.7 Å². The molecule has 0 unspecified atom stereocenters. The zero-order valence-electron chi connectivity index (χ0n) is 15.3. The first kappa shape index (κ1) is 18.9. The number of ether oxygens (including phenoxy) is 1. The van der Waals surface area contributed by atoms with E-state index >= 15 is 0 Å². The van der Waals surface area contributed by atoms with E-state index in [1.54, 1.807) is 36.3 Å². The van der Waals surface area contributed by atoms with Crippen molar-refractivity contribution in [1.29, 1.82) is 0 Å². The minimum absolute atomic E-state index is 0.0378. The van der Waals surface area contributed by atoms with Gasteiger partial charge in [0.25, 0.3) is 0 Å². The number of nitrogens with zero attached hydrogens (tertiary/aromatic N) is 1. The van der Waals surface area contributed by atoms with Crippen molar-refractivity contribution in [2.75, 3.05) is 25.5 Å². The maximum absolute atomic E-state index is 13.3. The third-order valence-electron chi connectivity index (χ3n) is 4.83. The molecular weight excluding hydrogens is 347 g/mol. The molecule has 1 aliphatic rings. The van der Waals surface area contributed by atoms with Crippen molar-refractivity contribution in [1.82, 2.24) is 4.90 Å². The van der Waals surface area contributed by atoms with Crippen LogP contribution in [0.2, 0.25) is 0 Å². The van der Waals surface area contributed by atoms with Gasteiger partial charge in [0.2, 0.25) is 11.8 Å². The van der Waals surface area contributed by atoms with Crippen molar-refractivity contribution < 1.29 is 18.7 Å². The van der Waals surface area contributed by atoms with Gasteiger partial charge in [0, 0.05) is 19.0 Å². The number of carbonyl (C=O) groups excluding carboxylic acids is 2. The van der Waals surface area contributed by atoms with Crippen molar-refractivity contribution in [2.45, 2.75) is 19.3 Å². The van der Waals surface area contributed by atoms with E-state index in [1.807, 2.05) is 12.1 Å². The molecule has 0 atom stereocenters. The normalized spacial score (nSPS) is 14.7. The van der Waals surface area contributed by atoms with Crippen LogP contribution in [0.25, 0.3) is 0 Å². The van der Waals surface area contributed by atoms with Gasteiger partial charge in [-0.15, -0.1) is 0 Å². The predicted octanol–water partition coefficient (Wildman–Crippen LogP) is 3.25. The fourth-order valence-corrected chi connectivity index (χ4v) is 3.31. The molecule has 5 nitrogen and oxygen atoms in total. The number of halogens is 1. The number of para-hydroxylation sites is 2. The third kappa shape index (κ3) is 4.84. The molecule has 1 aliphatic heterocycles. The number of piperidine rings is 1. The zero-order valence-corrected chi connectivity index (χ0v) is 15.3. The van der Waals surface area contributed by atoms with Crippen molar-refractivity contribution in [3.05, 3.63) is 59.9 Å². The van der Waals surface area contributed by atoms with E-state index in [2.05, 4.69) is 5.32 Å². The van der Waals surface area contributed by atoms with E-state index in [9.17, 15) is 14.0 Å². The summed E-state index contributed by atoms with van der Waals surface area (Å²) in [4.78, 5) is 26.7. The minimum atomic E-state index is -0.341. The molecule has 1 heterocycles. The lowest BCUT2D eigenvalue weighted by atomic mass is 9.95. The molecule has 142 valence electrons. The number of rotatable bonds is 5. The van der Waals surface area contributed by atoms with Gasteiger partial charge in [-0.25, -0.2) is 4.39 Å². The quantitative estimate of drug-likeness (QED) is 0.879. The number of hydrogen-bond donors (Lipinski definition) is 1. The highest BCUT2D eigenvalue weighted by Crippen LogP contribution is 2.26. The second-order valence-corrected chi connectivity index (χ2v) is 6.65. The van der Waals surface area contributed by atoms with Gasteiger partial charge in [0.05, 0.1) is 19.2 Å². The Morgan fingerprint density at radius 1 is 1.15 bits per heavy atom. The summed E-state index contributed by atoms with van der Waals surface area (Å²) < 4.78 is 18.5. The number of amides is 2. The van der Waals surface area contributed by atoms with Crippen molar-refractivity contribution in [3.63, 3.8) is 0 Å². The summed E-state index contributed by atoms with van der Waals surface area (Å²) in [6, 6.07) is 13.4. The molecule has 3 rings (SSSR count). The van der Waals surface area contributed by atoms with Crippen LogP contribution in [-0.4, -0.2) is 36.9 Å². The molecule has 0 aliphatic carbocycles. The molecule has 2 aromatic carbocycles. The molecule has 0 aromatic heterocycles.